The summed E-state index contributed by atoms with van der Waals surface area (Å²) >= 11 is 0. The summed E-state index contributed by atoms with van der Waals surface area (Å²) in [5.41, 5.74) is 1.46. The van der Waals surface area contributed by atoms with Crippen molar-refractivity contribution in [3.63, 3.8) is 0 Å². The molecule has 0 aliphatic heterocycles. The topological polar surface area (TPSA) is 45.2 Å². The molecule has 1 aromatic heterocycles. The highest BCUT2D eigenvalue weighted by atomic mass is 16.2. The number of aromatic nitrogens is 1. The highest BCUT2D eigenvalue weighted by molar-refractivity contribution is 5.93. The molecule has 1 N–H and O–H groups in total. The first-order valence-corrected chi connectivity index (χ1v) is 6.57. The van der Waals surface area contributed by atoms with Crippen molar-refractivity contribution >= 4 is 11.6 Å². The van der Waals surface area contributed by atoms with E-state index in [1.54, 1.807) is 11.1 Å². The lowest BCUT2D eigenvalue weighted by Gasteiger charge is -2.18. The van der Waals surface area contributed by atoms with Crippen molar-refractivity contribution in [3.05, 3.63) is 24.0 Å². The van der Waals surface area contributed by atoms with Gasteiger partial charge in [0.2, 0.25) is 0 Å². The third-order valence-corrected chi connectivity index (χ3v) is 2.74. The molecule has 4 heteroatoms. The quantitative estimate of drug-likeness (QED) is 0.843. The van der Waals surface area contributed by atoms with Crippen LogP contribution in [-0.2, 0) is 0 Å². The molecular weight excluding hydrogens is 226 g/mol. The van der Waals surface area contributed by atoms with Gasteiger partial charge in [0.05, 0.1) is 0 Å². The van der Waals surface area contributed by atoms with Crippen LogP contribution >= 0.6 is 0 Å². The zero-order valence-electron chi connectivity index (χ0n) is 11.7. The predicted molar refractivity (Wildman–Crippen MR) is 74.8 cm³/mol. The zero-order chi connectivity index (χ0) is 13.5. The summed E-state index contributed by atoms with van der Waals surface area (Å²) in [6.45, 7) is 10.6. The van der Waals surface area contributed by atoms with Gasteiger partial charge in [0.15, 0.2) is 0 Å². The molecule has 1 amide bonds. The second kappa shape index (κ2) is 6.99. The Hall–Kier alpha value is -1.58. The Kier molecular flexibility index (Phi) is 5.62. The number of carbonyl (C=O) groups is 1. The maximum Gasteiger partial charge on any atom is 0.272 e. The fraction of sp³-hybridized carbons (Fsp3) is 0.571. The maximum absolute atomic E-state index is 12.1. The number of hydrogen-bond acceptors (Lipinski definition) is 3. The molecule has 0 radical (unpaired) electrons. The second-order valence-corrected chi connectivity index (χ2v) is 4.68. The normalized spacial score (nSPS) is 10.5. The zero-order valence-corrected chi connectivity index (χ0v) is 11.7. The summed E-state index contributed by atoms with van der Waals surface area (Å²) in [6, 6.07) is 3.71. The molecule has 1 aromatic rings. The van der Waals surface area contributed by atoms with Crippen LogP contribution in [0.15, 0.2) is 18.3 Å². The minimum absolute atomic E-state index is 0.00630. The Balaban J connectivity index is 2.78. The average Bonchev–Trinajstić information content (AvgIpc) is 2.38. The van der Waals surface area contributed by atoms with E-state index in [4.69, 9.17) is 0 Å². The van der Waals surface area contributed by atoms with Crippen LogP contribution in [0.5, 0.6) is 0 Å². The van der Waals surface area contributed by atoms with Crippen LogP contribution in [0.3, 0.4) is 0 Å². The number of nitrogens with zero attached hydrogens (tertiary/aromatic N) is 2. The fourth-order valence-electron chi connectivity index (χ4n) is 1.65. The van der Waals surface area contributed by atoms with Gasteiger partial charge in [-0.3, -0.25) is 9.78 Å². The van der Waals surface area contributed by atoms with Gasteiger partial charge in [-0.2, -0.15) is 0 Å². The van der Waals surface area contributed by atoms with Gasteiger partial charge < -0.3 is 10.2 Å². The van der Waals surface area contributed by atoms with Crippen LogP contribution in [0, 0.1) is 5.92 Å². The number of anilines is 1. The molecule has 18 heavy (non-hydrogen) atoms. The van der Waals surface area contributed by atoms with E-state index in [0.29, 0.717) is 24.7 Å². The lowest BCUT2D eigenvalue weighted by atomic mass is 10.2. The molecule has 0 unspecified atom stereocenters. The average molecular weight is 249 g/mol. The lowest BCUT2D eigenvalue weighted by molar-refractivity contribution is 0.0767. The molecule has 0 bridgehead atoms. The Morgan fingerprint density at radius 1 is 1.39 bits per heavy atom. The van der Waals surface area contributed by atoms with Crippen LogP contribution in [-0.4, -0.2) is 35.4 Å². The monoisotopic (exact) mass is 249 g/mol. The van der Waals surface area contributed by atoms with Gasteiger partial charge in [0.1, 0.15) is 5.69 Å². The minimum Gasteiger partial charge on any atom is -0.385 e. The van der Waals surface area contributed by atoms with Crippen molar-refractivity contribution < 1.29 is 4.79 Å². The smallest absolute Gasteiger partial charge is 0.272 e. The molecule has 0 aliphatic rings. The van der Waals surface area contributed by atoms with Crippen LogP contribution in [0.2, 0.25) is 0 Å². The van der Waals surface area contributed by atoms with E-state index >= 15 is 0 Å². The minimum atomic E-state index is -0.00630. The van der Waals surface area contributed by atoms with Gasteiger partial charge in [-0.1, -0.05) is 13.8 Å². The summed E-state index contributed by atoms with van der Waals surface area (Å²) in [5, 5.41) is 3.30. The molecule has 0 fully saturated rings. The highest BCUT2D eigenvalue weighted by Gasteiger charge is 2.13. The summed E-state index contributed by atoms with van der Waals surface area (Å²) in [5.74, 6) is 0.563. The molecular formula is C14H23N3O. The summed E-state index contributed by atoms with van der Waals surface area (Å²) < 4.78 is 0. The Morgan fingerprint density at radius 2 is 2.06 bits per heavy atom. The van der Waals surface area contributed by atoms with Crippen LogP contribution in [0.25, 0.3) is 0 Å². The Labute approximate surface area is 109 Å². The van der Waals surface area contributed by atoms with E-state index < -0.39 is 0 Å². The van der Waals surface area contributed by atoms with Crippen molar-refractivity contribution in [2.45, 2.75) is 27.7 Å². The lowest BCUT2D eigenvalue weighted by Crippen LogP contribution is -2.31. The van der Waals surface area contributed by atoms with E-state index in [9.17, 15) is 4.79 Å². The molecule has 0 aliphatic carbocycles. The fourth-order valence-corrected chi connectivity index (χ4v) is 1.65. The van der Waals surface area contributed by atoms with E-state index in [1.807, 2.05) is 26.0 Å². The summed E-state index contributed by atoms with van der Waals surface area (Å²) in [4.78, 5) is 18.1. The molecule has 0 atom stereocenters. The molecule has 4 nitrogen and oxygen atoms in total. The second-order valence-electron chi connectivity index (χ2n) is 4.68. The first-order chi connectivity index (χ1) is 8.58. The molecule has 0 spiro atoms. The maximum atomic E-state index is 12.1. The van der Waals surface area contributed by atoms with Crippen molar-refractivity contribution in [2.24, 2.45) is 5.92 Å². The summed E-state index contributed by atoms with van der Waals surface area (Å²) in [7, 11) is 0. The van der Waals surface area contributed by atoms with Crippen molar-refractivity contribution in [1.82, 2.24) is 9.88 Å². The number of hydrogen-bond donors (Lipinski definition) is 1. The van der Waals surface area contributed by atoms with Crippen LogP contribution in [0.1, 0.15) is 38.2 Å². The molecule has 1 heterocycles. The molecule has 0 saturated carbocycles. The first-order valence-electron chi connectivity index (χ1n) is 6.57. The molecule has 0 aromatic carbocycles. The molecule has 100 valence electrons. The van der Waals surface area contributed by atoms with Gasteiger partial charge in [-0.05, 0) is 31.9 Å². The van der Waals surface area contributed by atoms with Crippen LogP contribution < -0.4 is 5.32 Å². The number of amides is 1. The van der Waals surface area contributed by atoms with E-state index in [2.05, 4.69) is 24.1 Å². The van der Waals surface area contributed by atoms with E-state index in [0.717, 1.165) is 12.2 Å². The highest BCUT2D eigenvalue weighted by Crippen LogP contribution is 2.10. The number of nitrogens with one attached hydrogen (secondary N) is 1. The Morgan fingerprint density at radius 3 is 2.61 bits per heavy atom. The van der Waals surface area contributed by atoms with E-state index in [1.165, 1.54) is 0 Å². The van der Waals surface area contributed by atoms with Crippen LogP contribution in [0.4, 0.5) is 5.69 Å². The SMILES string of the molecule is CCN(CC)C(=O)c1cc(NCC(C)C)ccn1. The largest absolute Gasteiger partial charge is 0.385 e. The summed E-state index contributed by atoms with van der Waals surface area (Å²) in [6.07, 6.45) is 1.68. The number of rotatable bonds is 6. The van der Waals surface area contributed by atoms with Gasteiger partial charge in [0, 0.05) is 31.5 Å². The standard InChI is InChI=1S/C14H23N3O/c1-5-17(6-2)14(18)13-9-12(7-8-15-13)16-10-11(3)4/h7-9,11H,5-6,10H2,1-4H3,(H,15,16). The number of carbonyl (C=O) groups excluding carboxylic acids is 1. The van der Waals surface area contributed by atoms with Crippen molar-refractivity contribution in [1.29, 1.82) is 0 Å². The van der Waals surface area contributed by atoms with E-state index in [-0.39, 0.29) is 5.91 Å². The van der Waals surface area contributed by atoms with Gasteiger partial charge in [-0.25, -0.2) is 0 Å². The third-order valence-electron chi connectivity index (χ3n) is 2.74. The van der Waals surface area contributed by atoms with Gasteiger partial charge >= 0.3 is 0 Å². The molecule has 0 saturated heterocycles. The first kappa shape index (κ1) is 14.5. The van der Waals surface area contributed by atoms with Gasteiger partial charge in [-0.15, -0.1) is 0 Å². The molecule has 1 rings (SSSR count). The van der Waals surface area contributed by atoms with Crippen molar-refractivity contribution in [3.8, 4) is 0 Å². The van der Waals surface area contributed by atoms with Gasteiger partial charge in [0.25, 0.3) is 5.91 Å². The third kappa shape index (κ3) is 4.02. The predicted octanol–water partition coefficient (Wildman–Crippen LogP) is 2.63. The van der Waals surface area contributed by atoms with Crippen molar-refractivity contribution in [2.75, 3.05) is 25.0 Å². The number of pyridine rings is 1. The Bertz CT molecular complexity index is 386.